The highest BCUT2D eigenvalue weighted by Crippen LogP contribution is 2.29. The molecule has 2 aromatic rings. The standard InChI is InChI=1S/C16H20N2O3/c1-2-8-20-12-6-7-15-13(10-12)14(11-19)17-18(15)16-5-3-4-9-21-16/h6-7,10-11,16H,2-5,8-9H2,1H3. The van der Waals surface area contributed by atoms with Crippen LogP contribution in [0.15, 0.2) is 18.2 Å². The van der Waals surface area contributed by atoms with Crippen LogP contribution < -0.4 is 4.74 Å². The Hall–Kier alpha value is -1.88. The fourth-order valence-electron chi connectivity index (χ4n) is 2.68. The van der Waals surface area contributed by atoms with E-state index in [0.717, 1.165) is 55.2 Å². The van der Waals surface area contributed by atoms with E-state index in [0.29, 0.717) is 12.3 Å². The van der Waals surface area contributed by atoms with E-state index < -0.39 is 0 Å². The van der Waals surface area contributed by atoms with Crippen LogP contribution >= 0.6 is 0 Å². The van der Waals surface area contributed by atoms with Crippen LogP contribution in [0, 0.1) is 0 Å². The molecule has 1 aliphatic rings. The fourth-order valence-corrected chi connectivity index (χ4v) is 2.68. The number of rotatable bonds is 5. The monoisotopic (exact) mass is 288 g/mol. The molecule has 1 aliphatic heterocycles. The van der Waals surface area contributed by atoms with Crippen molar-refractivity contribution in [3.8, 4) is 5.75 Å². The van der Waals surface area contributed by atoms with Crippen LogP contribution in [0.5, 0.6) is 5.75 Å². The maximum atomic E-state index is 11.3. The van der Waals surface area contributed by atoms with E-state index in [1.165, 1.54) is 0 Å². The van der Waals surface area contributed by atoms with Gasteiger partial charge in [-0.15, -0.1) is 0 Å². The quantitative estimate of drug-likeness (QED) is 0.792. The van der Waals surface area contributed by atoms with Crippen molar-refractivity contribution in [1.82, 2.24) is 9.78 Å². The second-order valence-electron chi connectivity index (χ2n) is 5.30. The van der Waals surface area contributed by atoms with Crippen LogP contribution in [-0.4, -0.2) is 29.3 Å². The Kier molecular flexibility index (Phi) is 4.20. The Labute approximate surface area is 123 Å². The van der Waals surface area contributed by atoms with Crippen molar-refractivity contribution < 1.29 is 14.3 Å². The number of hydrogen-bond donors (Lipinski definition) is 0. The van der Waals surface area contributed by atoms with Crippen LogP contribution in [-0.2, 0) is 4.74 Å². The highest BCUT2D eigenvalue weighted by atomic mass is 16.5. The Morgan fingerprint density at radius 3 is 3.10 bits per heavy atom. The first kappa shape index (κ1) is 14.1. The summed E-state index contributed by atoms with van der Waals surface area (Å²) in [4.78, 5) is 11.3. The van der Waals surface area contributed by atoms with Crippen molar-refractivity contribution in [2.75, 3.05) is 13.2 Å². The van der Waals surface area contributed by atoms with Gasteiger partial charge in [-0.25, -0.2) is 4.68 Å². The molecule has 1 atom stereocenters. The highest BCUT2D eigenvalue weighted by molar-refractivity contribution is 5.95. The average molecular weight is 288 g/mol. The van der Waals surface area contributed by atoms with E-state index >= 15 is 0 Å². The molecule has 21 heavy (non-hydrogen) atoms. The van der Waals surface area contributed by atoms with Crippen molar-refractivity contribution in [3.05, 3.63) is 23.9 Å². The summed E-state index contributed by atoms with van der Waals surface area (Å²) in [6.07, 6.45) is 4.82. The summed E-state index contributed by atoms with van der Waals surface area (Å²) in [6, 6.07) is 5.77. The maximum Gasteiger partial charge on any atom is 0.170 e. The zero-order valence-corrected chi connectivity index (χ0v) is 12.2. The van der Waals surface area contributed by atoms with Crippen LogP contribution in [0.25, 0.3) is 10.9 Å². The van der Waals surface area contributed by atoms with Gasteiger partial charge in [0.1, 0.15) is 11.4 Å². The van der Waals surface area contributed by atoms with Crippen molar-refractivity contribution >= 4 is 17.2 Å². The number of carbonyl (C=O) groups is 1. The Morgan fingerprint density at radius 1 is 1.48 bits per heavy atom. The van der Waals surface area contributed by atoms with Crippen molar-refractivity contribution in [2.24, 2.45) is 0 Å². The lowest BCUT2D eigenvalue weighted by atomic mass is 10.1. The second kappa shape index (κ2) is 6.26. The van der Waals surface area contributed by atoms with Gasteiger partial charge in [0, 0.05) is 12.0 Å². The van der Waals surface area contributed by atoms with Crippen LogP contribution in [0.4, 0.5) is 0 Å². The van der Waals surface area contributed by atoms with Crippen LogP contribution in [0.1, 0.15) is 49.3 Å². The Morgan fingerprint density at radius 2 is 2.38 bits per heavy atom. The number of aldehydes is 1. The van der Waals surface area contributed by atoms with Gasteiger partial charge in [-0.1, -0.05) is 6.92 Å². The number of aromatic nitrogens is 2. The highest BCUT2D eigenvalue weighted by Gasteiger charge is 2.21. The summed E-state index contributed by atoms with van der Waals surface area (Å²) in [5.41, 5.74) is 1.37. The molecular weight excluding hydrogens is 268 g/mol. The molecule has 1 aromatic heterocycles. The van der Waals surface area contributed by atoms with Crippen molar-refractivity contribution in [3.63, 3.8) is 0 Å². The molecule has 1 saturated heterocycles. The summed E-state index contributed by atoms with van der Waals surface area (Å²) >= 11 is 0. The number of carbonyl (C=O) groups excluding carboxylic acids is 1. The first-order valence-corrected chi connectivity index (χ1v) is 7.55. The maximum absolute atomic E-state index is 11.3. The minimum Gasteiger partial charge on any atom is -0.494 e. The molecule has 112 valence electrons. The Bertz CT molecular complexity index is 630. The van der Waals surface area contributed by atoms with E-state index in [1.54, 1.807) is 0 Å². The zero-order valence-electron chi connectivity index (χ0n) is 12.2. The number of nitrogens with zero attached hydrogens (tertiary/aromatic N) is 2. The number of fused-ring (bicyclic) bond motifs is 1. The van der Waals surface area contributed by atoms with Crippen molar-refractivity contribution in [2.45, 2.75) is 38.8 Å². The predicted molar refractivity (Wildman–Crippen MR) is 79.7 cm³/mol. The largest absolute Gasteiger partial charge is 0.494 e. The lowest BCUT2D eigenvalue weighted by Gasteiger charge is -2.23. The SMILES string of the molecule is CCCOc1ccc2c(c1)c(C=O)nn2C1CCCCO1. The molecule has 0 saturated carbocycles. The van der Waals surface area contributed by atoms with Crippen LogP contribution in [0.3, 0.4) is 0 Å². The fraction of sp³-hybridized carbons (Fsp3) is 0.500. The minimum absolute atomic E-state index is 0.0719. The summed E-state index contributed by atoms with van der Waals surface area (Å²) < 4.78 is 13.2. The molecule has 1 fully saturated rings. The minimum atomic E-state index is -0.0719. The molecule has 0 bridgehead atoms. The number of ether oxygens (including phenoxy) is 2. The van der Waals surface area contributed by atoms with Gasteiger partial charge in [0.25, 0.3) is 0 Å². The van der Waals surface area contributed by atoms with E-state index in [-0.39, 0.29) is 6.23 Å². The lowest BCUT2D eigenvalue weighted by Crippen LogP contribution is -2.19. The topological polar surface area (TPSA) is 53.3 Å². The predicted octanol–water partition coefficient (Wildman–Crippen LogP) is 3.34. The van der Waals surface area contributed by atoms with Crippen LogP contribution in [0.2, 0.25) is 0 Å². The number of benzene rings is 1. The molecule has 0 radical (unpaired) electrons. The third-order valence-corrected chi connectivity index (χ3v) is 3.72. The van der Waals surface area contributed by atoms with Gasteiger partial charge in [0.15, 0.2) is 12.5 Å². The molecule has 3 rings (SSSR count). The zero-order chi connectivity index (χ0) is 14.7. The van der Waals surface area contributed by atoms with Gasteiger partial charge >= 0.3 is 0 Å². The smallest absolute Gasteiger partial charge is 0.170 e. The van der Waals surface area contributed by atoms with Gasteiger partial charge in [0.2, 0.25) is 0 Å². The van der Waals surface area contributed by atoms with E-state index in [9.17, 15) is 4.79 Å². The number of hydrogen-bond acceptors (Lipinski definition) is 4. The molecule has 1 unspecified atom stereocenters. The van der Waals surface area contributed by atoms with E-state index in [2.05, 4.69) is 12.0 Å². The molecule has 0 N–H and O–H groups in total. The average Bonchev–Trinajstić information content (AvgIpc) is 2.91. The molecule has 1 aromatic carbocycles. The molecule has 5 nitrogen and oxygen atoms in total. The van der Waals surface area contributed by atoms with Gasteiger partial charge in [-0.2, -0.15) is 5.10 Å². The second-order valence-corrected chi connectivity index (χ2v) is 5.30. The van der Waals surface area contributed by atoms with Gasteiger partial charge < -0.3 is 9.47 Å². The van der Waals surface area contributed by atoms with E-state index in [4.69, 9.17) is 9.47 Å². The first-order valence-electron chi connectivity index (χ1n) is 7.55. The van der Waals surface area contributed by atoms with Gasteiger partial charge in [0.05, 0.1) is 12.1 Å². The third-order valence-electron chi connectivity index (χ3n) is 3.72. The third kappa shape index (κ3) is 2.78. The molecular formula is C16H20N2O3. The first-order chi connectivity index (χ1) is 10.3. The summed E-state index contributed by atoms with van der Waals surface area (Å²) in [5.74, 6) is 0.775. The molecule has 0 spiro atoms. The molecule has 0 amide bonds. The van der Waals surface area contributed by atoms with Gasteiger partial charge in [-0.3, -0.25) is 4.79 Å². The molecule has 2 heterocycles. The van der Waals surface area contributed by atoms with Gasteiger partial charge in [-0.05, 0) is 43.9 Å². The summed E-state index contributed by atoms with van der Waals surface area (Å²) in [6.45, 7) is 3.48. The normalized spacial score (nSPS) is 18.8. The Balaban J connectivity index is 1.99. The lowest BCUT2D eigenvalue weighted by molar-refractivity contribution is -0.0367. The summed E-state index contributed by atoms with van der Waals surface area (Å²) in [7, 11) is 0. The summed E-state index contributed by atoms with van der Waals surface area (Å²) in [5, 5.41) is 5.25. The van der Waals surface area contributed by atoms with E-state index in [1.807, 2.05) is 22.9 Å². The van der Waals surface area contributed by atoms with Crippen molar-refractivity contribution in [1.29, 1.82) is 0 Å². The molecule has 0 aliphatic carbocycles. The molecule has 5 heteroatoms.